The minimum atomic E-state index is -0.112. The highest BCUT2D eigenvalue weighted by atomic mass is 14.5. The molecule has 2 aromatic carbocycles. The van der Waals surface area contributed by atoms with Crippen LogP contribution in [0.4, 0.5) is 0 Å². The van der Waals surface area contributed by atoms with Crippen LogP contribution in [0.3, 0.4) is 0 Å². The van der Waals surface area contributed by atoms with E-state index in [0.717, 1.165) is 0 Å². The van der Waals surface area contributed by atoms with Crippen molar-refractivity contribution in [2.24, 2.45) is 16.7 Å². The Morgan fingerprint density at radius 2 is 1.12 bits per heavy atom. The molecule has 3 rings (SSSR count). The lowest BCUT2D eigenvalue weighted by atomic mass is 9.53. The van der Waals surface area contributed by atoms with Gasteiger partial charge in [-0.15, -0.1) is 0 Å². The molecular formula is C26H32. The smallest absolute Gasteiger partial charge is 0.0348 e. The van der Waals surface area contributed by atoms with E-state index in [2.05, 4.69) is 120 Å². The Labute approximate surface area is 159 Å². The van der Waals surface area contributed by atoms with E-state index >= 15 is 0 Å². The third kappa shape index (κ3) is 3.07. The Balaban J connectivity index is 2.30. The average Bonchev–Trinajstić information content (AvgIpc) is 3.07. The van der Waals surface area contributed by atoms with Gasteiger partial charge in [0.05, 0.1) is 0 Å². The molecule has 0 saturated carbocycles. The molecule has 0 N–H and O–H groups in total. The van der Waals surface area contributed by atoms with Gasteiger partial charge in [0.15, 0.2) is 0 Å². The van der Waals surface area contributed by atoms with Crippen molar-refractivity contribution in [1.29, 1.82) is 0 Å². The summed E-state index contributed by atoms with van der Waals surface area (Å²) in [4.78, 5) is 0. The van der Waals surface area contributed by atoms with Crippen LogP contribution in [-0.4, -0.2) is 0 Å². The zero-order chi connectivity index (χ0) is 19.0. The lowest BCUT2D eigenvalue weighted by Gasteiger charge is -2.49. The minimum absolute atomic E-state index is 0.0501. The van der Waals surface area contributed by atoms with Crippen molar-refractivity contribution in [3.05, 3.63) is 95.6 Å². The first-order valence-electron chi connectivity index (χ1n) is 9.69. The summed E-state index contributed by atoms with van der Waals surface area (Å²) in [5, 5.41) is 0. The Morgan fingerprint density at radius 3 is 1.46 bits per heavy atom. The first-order valence-corrected chi connectivity index (χ1v) is 9.69. The summed E-state index contributed by atoms with van der Waals surface area (Å²) in [6.45, 7) is 14.0. The topological polar surface area (TPSA) is 0 Å². The molecule has 0 heteroatoms. The Hall–Kier alpha value is -2.08. The van der Waals surface area contributed by atoms with Crippen molar-refractivity contribution in [3.8, 4) is 0 Å². The third-order valence-corrected chi connectivity index (χ3v) is 5.85. The maximum Gasteiger partial charge on any atom is 0.0348 e. The van der Waals surface area contributed by atoms with Crippen LogP contribution in [0.1, 0.15) is 52.7 Å². The van der Waals surface area contributed by atoms with E-state index in [0.29, 0.717) is 5.92 Å². The molecule has 1 unspecified atom stereocenters. The van der Waals surface area contributed by atoms with E-state index in [1.54, 1.807) is 0 Å². The maximum absolute atomic E-state index is 2.51. The molecule has 0 aliphatic heterocycles. The summed E-state index contributed by atoms with van der Waals surface area (Å²) >= 11 is 0. The van der Waals surface area contributed by atoms with Crippen LogP contribution < -0.4 is 0 Å². The molecule has 0 amide bonds. The number of benzene rings is 2. The van der Waals surface area contributed by atoms with Crippen molar-refractivity contribution in [2.45, 2.75) is 47.0 Å². The van der Waals surface area contributed by atoms with Crippen LogP contribution in [-0.2, 0) is 5.41 Å². The van der Waals surface area contributed by atoms with E-state index in [4.69, 9.17) is 0 Å². The second kappa shape index (κ2) is 6.58. The number of allylic oxidation sites excluding steroid dienone is 4. The molecule has 136 valence electrons. The highest BCUT2D eigenvalue weighted by molar-refractivity contribution is 5.49. The van der Waals surface area contributed by atoms with Gasteiger partial charge < -0.3 is 0 Å². The molecule has 0 aromatic heterocycles. The lowest BCUT2D eigenvalue weighted by Crippen LogP contribution is -2.46. The highest BCUT2D eigenvalue weighted by Gasteiger charge is 2.50. The van der Waals surface area contributed by atoms with Gasteiger partial charge in [-0.3, -0.25) is 0 Å². The number of hydrogen-bond donors (Lipinski definition) is 0. The fourth-order valence-corrected chi connectivity index (χ4v) is 4.60. The summed E-state index contributed by atoms with van der Waals surface area (Å²) in [5.74, 6) is 0.335. The summed E-state index contributed by atoms with van der Waals surface area (Å²) in [6.07, 6.45) is 7.27. The van der Waals surface area contributed by atoms with Gasteiger partial charge in [0.25, 0.3) is 0 Å². The zero-order valence-electron chi connectivity index (χ0n) is 17.1. The Morgan fingerprint density at radius 1 is 0.654 bits per heavy atom. The molecule has 2 aromatic rings. The van der Waals surface area contributed by atoms with E-state index in [-0.39, 0.29) is 16.2 Å². The number of hydrogen-bond acceptors (Lipinski definition) is 0. The van der Waals surface area contributed by atoms with Crippen molar-refractivity contribution >= 4 is 0 Å². The molecule has 1 atom stereocenters. The SMILES string of the molecule is CC(C)(C)C1=CC(C(c2ccccc2)(c2ccccc2)C(C)(C)C)C=C1. The van der Waals surface area contributed by atoms with Crippen molar-refractivity contribution in [2.75, 3.05) is 0 Å². The minimum Gasteiger partial charge on any atom is -0.0761 e. The fourth-order valence-electron chi connectivity index (χ4n) is 4.60. The Bertz CT molecular complexity index is 753. The summed E-state index contributed by atoms with van der Waals surface area (Å²) < 4.78 is 0. The number of rotatable bonds is 3. The zero-order valence-corrected chi connectivity index (χ0v) is 17.1. The van der Waals surface area contributed by atoms with E-state index in [1.165, 1.54) is 16.7 Å². The highest BCUT2D eigenvalue weighted by Crippen LogP contribution is 2.55. The molecule has 0 saturated heterocycles. The first kappa shape index (κ1) is 18.7. The first-order chi connectivity index (χ1) is 12.2. The summed E-state index contributed by atoms with van der Waals surface area (Å²) in [6, 6.07) is 22.1. The predicted molar refractivity (Wildman–Crippen MR) is 113 cm³/mol. The van der Waals surface area contributed by atoms with E-state index in [1.807, 2.05) is 0 Å². The van der Waals surface area contributed by atoms with Gasteiger partial charge in [-0.05, 0) is 27.5 Å². The van der Waals surface area contributed by atoms with Crippen LogP contribution in [0.15, 0.2) is 84.5 Å². The quantitative estimate of drug-likeness (QED) is 0.553. The molecule has 0 heterocycles. The maximum atomic E-state index is 2.51. The van der Waals surface area contributed by atoms with Crippen molar-refractivity contribution in [1.82, 2.24) is 0 Å². The molecular weight excluding hydrogens is 312 g/mol. The molecule has 0 bridgehead atoms. The van der Waals surface area contributed by atoms with Gasteiger partial charge in [-0.2, -0.15) is 0 Å². The normalized spacial score (nSPS) is 18.1. The molecule has 0 nitrogen and oxygen atoms in total. The van der Waals surface area contributed by atoms with Crippen LogP contribution in [0, 0.1) is 16.7 Å². The van der Waals surface area contributed by atoms with Gasteiger partial charge in [-0.1, -0.05) is 120 Å². The second-order valence-corrected chi connectivity index (χ2v) is 9.55. The molecule has 26 heavy (non-hydrogen) atoms. The molecule has 0 fully saturated rings. The van der Waals surface area contributed by atoms with Crippen molar-refractivity contribution < 1.29 is 0 Å². The van der Waals surface area contributed by atoms with Crippen molar-refractivity contribution in [3.63, 3.8) is 0 Å². The molecule has 0 radical (unpaired) electrons. The van der Waals surface area contributed by atoms with E-state index < -0.39 is 0 Å². The van der Waals surface area contributed by atoms with Crippen LogP contribution >= 0.6 is 0 Å². The standard InChI is InChI=1S/C26H32/c1-24(2,3)22-17-18-23(19-22)26(25(4,5)6,20-13-9-7-10-14-20)21-15-11-8-12-16-21/h7-19,23H,1-6H3. The van der Waals surface area contributed by atoms with Crippen LogP contribution in [0.25, 0.3) is 0 Å². The van der Waals surface area contributed by atoms with Crippen LogP contribution in [0.5, 0.6) is 0 Å². The van der Waals surface area contributed by atoms with Gasteiger partial charge >= 0.3 is 0 Å². The molecule has 1 aliphatic carbocycles. The average molecular weight is 345 g/mol. The van der Waals surface area contributed by atoms with E-state index in [9.17, 15) is 0 Å². The van der Waals surface area contributed by atoms with Gasteiger partial charge in [0, 0.05) is 11.3 Å². The second-order valence-electron chi connectivity index (χ2n) is 9.55. The summed E-state index contributed by atoms with van der Waals surface area (Å²) in [7, 11) is 0. The summed E-state index contributed by atoms with van der Waals surface area (Å²) in [5.41, 5.74) is 4.32. The Kier molecular flexibility index (Phi) is 4.73. The monoisotopic (exact) mass is 344 g/mol. The predicted octanol–water partition coefficient (Wildman–Crippen LogP) is 7.18. The fraction of sp³-hybridized carbons (Fsp3) is 0.385. The molecule has 0 spiro atoms. The van der Waals surface area contributed by atoms with Gasteiger partial charge in [0.2, 0.25) is 0 Å². The van der Waals surface area contributed by atoms with Gasteiger partial charge in [-0.25, -0.2) is 0 Å². The lowest BCUT2D eigenvalue weighted by molar-refractivity contribution is 0.195. The third-order valence-electron chi connectivity index (χ3n) is 5.85. The largest absolute Gasteiger partial charge is 0.0761 e. The van der Waals surface area contributed by atoms with Crippen LogP contribution in [0.2, 0.25) is 0 Å². The molecule has 1 aliphatic rings. The van der Waals surface area contributed by atoms with Gasteiger partial charge in [0.1, 0.15) is 0 Å².